The van der Waals surface area contributed by atoms with E-state index in [-0.39, 0.29) is 17.6 Å². The third-order valence-electron chi connectivity index (χ3n) is 6.86. The summed E-state index contributed by atoms with van der Waals surface area (Å²) in [4.78, 5) is 31.9. The van der Waals surface area contributed by atoms with Crippen LogP contribution in [0.15, 0.2) is 72.1 Å². The number of nitrogens with zero attached hydrogens (tertiary/aromatic N) is 3. The predicted octanol–water partition coefficient (Wildman–Crippen LogP) is 4.63. The highest BCUT2D eigenvalue weighted by molar-refractivity contribution is 7.16. The molecular formula is C26H22FN3O2S. The number of rotatable bonds is 4. The number of fused-ring (bicyclic) bond motifs is 4. The zero-order valence-electron chi connectivity index (χ0n) is 17.9. The molecule has 166 valence electrons. The van der Waals surface area contributed by atoms with Crippen molar-refractivity contribution in [1.29, 1.82) is 0 Å². The Balaban J connectivity index is 1.44. The number of hydrogen-bond acceptors (Lipinski definition) is 3. The van der Waals surface area contributed by atoms with Crippen molar-refractivity contribution in [1.82, 2.24) is 14.4 Å². The molecule has 0 saturated carbocycles. The Morgan fingerprint density at radius 3 is 2.61 bits per heavy atom. The number of benzene rings is 2. The lowest BCUT2D eigenvalue weighted by Crippen LogP contribution is -2.60. The van der Waals surface area contributed by atoms with Crippen molar-refractivity contribution in [2.45, 2.75) is 25.0 Å². The molecule has 5 nitrogen and oxygen atoms in total. The molecule has 0 spiro atoms. The van der Waals surface area contributed by atoms with Gasteiger partial charge < -0.3 is 14.4 Å². The van der Waals surface area contributed by atoms with E-state index in [0.717, 1.165) is 21.3 Å². The molecule has 4 heterocycles. The van der Waals surface area contributed by atoms with E-state index in [1.807, 2.05) is 57.3 Å². The summed E-state index contributed by atoms with van der Waals surface area (Å²) in [5.41, 5.74) is 1.53. The first kappa shape index (κ1) is 20.2. The molecule has 2 aliphatic heterocycles. The molecular weight excluding hydrogens is 437 g/mol. The highest BCUT2D eigenvalue weighted by Crippen LogP contribution is 2.45. The SMILES string of the molecule is O=C(CCc1ccccc1)N1CCN2C(=O)c3cc4ccsc4n3CC12c1ccc(F)cc1. The van der Waals surface area contributed by atoms with Crippen LogP contribution in [0.2, 0.25) is 0 Å². The van der Waals surface area contributed by atoms with E-state index in [0.29, 0.717) is 38.2 Å². The zero-order chi connectivity index (χ0) is 22.6. The maximum absolute atomic E-state index is 13.8. The maximum atomic E-state index is 13.8. The lowest BCUT2D eigenvalue weighted by atomic mass is 9.93. The molecule has 4 aromatic rings. The van der Waals surface area contributed by atoms with E-state index in [1.165, 1.54) is 12.1 Å². The van der Waals surface area contributed by atoms with Gasteiger partial charge in [0.2, 0.25) is 5.91 Å². The Morgan fingerprint density at radius 1 is 1.03 bits per heavy atom. The minimum Gasteiger partial charge on any atom is -0.324 e. The van der Waals surface area contributed by atoms with Gasteiger partial charge in [-0.2, -0.15) is 0 Å². The third kappa shape index (κ3) is 3.03. The number of aromatic nitrogens is 1. The molecule has 0 radical (unpaired) electrons. The van der Waals surface area contributed by atoms with Gasteiger partial charge in [0.25, 0.3) is 5.91 Å². The molecule has 2 aromatic heterocycles. The Morgan fingerprint density at radius 2 is 1.82 bits per heavy atom. The summed E-state index contributed by atoms with van der Waals surface area (Å²) < 4.78 is 15.9. The van der Waals surface area contributed by atoms with Crippen molar-refractivity contribution in [3.8, 4) is 0 Å². The van der Waals surface area contributed by atoms with Crippen LogP contribution in [0.4, 0.5) is 4.39 Å². The fourth-order valence-corrected chi connectivity index (χ4v) is 6.20. The van der Waals surface area contributed by atoms with Crippen LogP contribution >= 0.6 is 11.3 Å². The lowest BCUT2D eigenvalue weighted by Gasteiger charge is -2.47. The van der Waals surface area contributed by atoms with Crippen LogP contribution in [0.5, 0.6) is 0 Å². The minimum absolute atomic E-state index is 0.00323. The van der Waals surface area contributed by atoms with Crippen molar-refractivity contribution >= 4 is 33.4 Å². The van der Waals surface area contributed by atoms with E-state index in [2.05, 4.69) is 0 Å². The topological polar surface area (TPSA) is 45.6 Å². The van der Waals surface area contributed by atoms with Crippen LogP contribution in [0, 0.1) is 5.82 Å². The van der Waals surface area contributed by atoms with Crippen molar-refractivity contribution in [2.75, 3.05) is 13.1 Å². The molecule has 1 saturated heterocycles. The van der Waals surface area contributed by atoms with E-state index in [9.17, 15) is 14.0 Å². The average molecular weight is 460 g/mol. The number of carbonyl (C=O) groups excluding carboxylic acids is 2. The van der Waals surface area contributed by atoms with Gasteiger partial charge in [-0.05, 0) is 41.6 Å². The monoisotopic (exact) mass is 459 g/mol. The molecule has 2 aliphatic rings. The van der Waals surface area contributed by atoms with Gasteiger partial charge in [0.1, 0.15) is 16.3 Å². The van der Waals surface area contributed by atoms with Crippen LogP contribution in [0.3, 0.4) is 0 Å². The summed E-state index contributed by atoms with van der Waals surface area (Å²) in [6.45, 7) is 1.34. The third-order valence-corrected chi connectivity index (χ3v) is 7.82. The number of aryl methyl sites for hydroxylation is 1. The van der Waals surface area contributed by atoms with Crippen molar-refractivity contribution < 1.29 is 14.0 Å². The van der Waals surface area contributed by atoms with E-state index in [4.69, 9.17) is 0 Å². The summed E-state index contributed by atoms with van der Waals surface area (Å²) in [6, 6.07) is 20.1. The van der Waals surface area contributed by atoms with Gasteiger partial charge in [-0.1, -0.05) is 42.5 Å². The van der Waals surface area contributed by atoms with Crippen LogP contribution in [0.1, 0.15) is 28.0 Å². The molecule has 0 aliphatic carbocycles. The van der Waals surface area contributed by atoms with Gasteiger partial charge in [0.05, 0.1) is 6.54 Å². The Bertz CT molecular complexity index is 1360. The molecule has 2 aromatic carbocycles. The Kier molecular flexibility index (Phi) is 4.62. The zero-order valence-corrected chi connectivity index (χ0v) is 18.7. The normalized spacial score (nSPS) is 19.7. The fourth-order valence-electron chi connectivity index (χ4n) is 5.31. The first-order chi connectivity index (χ1) is 16.1. The first-order valence-corrected chi connectivity index (χ1v) is 11.9. The van der Waals surface area contributed by atoms with Crippen LogP contribution in [0.25, 0.3) is 10.2 Å². The number of amides is 2. The molecule has 6 rings (SSSR count). The minimum atomic E-state index is -0.971. The van der Waals surface area contributed by atoms with Gasteiger partial charge >= 0.3 is 0 Å². The molecule has 1 fully saturated rings. The second-order valence-electron chi connectivity index (χ2n) is 8.61. The molecule has 7 heteroatoms. The molecule has 1 unspecified atom stereocenters. The van der Waals surface area contributed by atoms with E-state index in [1.54, 1.807) is 28.4 Å². The maximum Gasteiger partial charge on any atom is 0.272 e. The molecule has 0 N–H and O–H groups in total. The standard InChI is InChI=1S/C26H22FN3O2S/c27-21-9-7-20(8-10-21)26-17-28-22(16-19-12-15-33-25(19)28)24(32)30(26)14-13-29(26)23(31)11-6-18-4-2-1-3-5-18/h1-5,7-10,12,15-16H,6,11,13-14,17H2. The summed E-state index contributed by atoms with van der Waals surface area (Å²) in [5.74, 6) is -0.435. The predicted molar refractivity (Wildman–Crippen MR) is 125 cm³/mol. The number of carbonyl (C=O) groups is 2. The van der Waals surface area contributed by atoms with Gasteiger partial charge in [-0.25, -0.2) is 4.39 Å². The molecule has 33 heavy (non-hydrogen) atoms. The summed E-state index contributed by atoms with van der Waals surface area (Å²) >= 11 is 1.59. The van der Waals surface area contributed by atoms with Crippen molar-refractivity contribution in [2.24, 2.45) is 0 Å². The summed E-state index contributed by atoms with van der Waals surface area (Å²) in [6.07, 6.45) is 0.982. The van der Waals surface area contributed by atoms with Crippen LogP contribution in [-0.4, -0.2) is 39.3 Å². The number of thiophene rings is 1. The molecule has 1 atom stereocenters. The van der Waals surface area contributed by atoms with E-state index < -0.39 is 5.66 Å². The van der Waals surface area contributed by atoms with Gasteiger partial charge in [-0.15, -0.1) is 11.3 Å². The van der Waals surface area contributed by atoms with Crippen LogP contribution < -0.4 is 0 Å². The van der Waals surface area contributed by atoms with E-state index >= 15 is 0 Å². The highest BCUT2D eigenvalue weighted by Gasteiger charge is 2.56. The largest absolute Gasteiger partial charge is 0.324 e. The highest BCUT2D eigenvalue weighted by atomic mass is 32.1. The smallest absolute Gasteiger partial charge is 0.272 e. The number of halogens is 1. The van der Waals surface area contributed by atoms with Crippen LogP contribution in [-0.2, 0) is 23.4 Å². The second-order valence-corrected chi connectivity index (χ2v) is 9.50. The number of hydrogen-bond donors (Lipinski definition) is 0. The molecule has 2 amide bonds. The lowest BCUT2D eigenvalue weighted by molar-refractivity contribution is -0.140. The fraction of sp³-hybridized carbons (Fsp3) is 0.231. The average Bonchev–Trinajstić information content (AvgIpc) is 3.53. The quantitative estimate of drug-likeness (QED) is 0.447. The first-order valence-electron chi connectivity index (χ1n) is 11.1. The summed E-state index contributed by atoms with van der Waals surface area (Å²) in [7, 11) is 0. The van der Waals surface area contributed by atoms with Crippen molar-refractivity contribution in [3.05, 3.63) is 94.7 Å². The van der Waals surface area contributed by atoms with Gasteiger partial charge in [0, 0.05) is 30.5 Å². The second kappa shape index (κ2) is 7.56. The summed E-state index contributed by atoms with van der Waals surface area (Å²) in [5, 5.41) is 3.04. The molecule has 0 bridgehead atoms. The van der Waals surface area contributed by atoms with Gasteiger partial charge in [-0.3, -0.25) is 9.59 Å². The van der Waals surface area contributed by atoms with Crippen molar-refractivity contribution in [3.63, 3.8) is 0 Å². The Hall–Kier alpha value is -3.45. The van der Waals surface area contributed by atoms with Gasteiger partial charge in [0.15, 0.2) is 5.66 Å². The Labute approximate surface area is 194 Å².